The molecule has 6 nitrogen and oxygen atoms in total. The van der Waals surface area contributed by atoms with E-state index in [4.69, 9.17) is 4.74 Å². The highest BCUT2D eigenvalue weighted by Crippen LogP contribution is 2.44. The van der Waals surface area contributed by atoms with Gasteiger partial charge in [-0.25, -0.2) is 0 Å². The number of Topliss-reactive ketones (excluding diaryl/α,β-unsaturated/α-hetero) is 1. The Balaban J connectivity index is 2.04. The van der Waals surface area contributed by atoms with Crippen molar-refractivity contribution >= 4 is 11.8 Å². The molecule has 0 amide bonds. The third-order valence-corrected chi connectivity index (χ3v) is 7.02. The number of esters is 1. The fourth-order valence-corrected chi connectivity index (χ4v) is 4.96. The normalized spacial score (nSPS) is 30.1. The lowest BCUT2D eigenvalue weighted by atomic mass is 9.66. The van der Waals surface area contributed by atoms with Crippen LogP contribution in [-0.2, 0) is 14.3 Å². The fourth-order valence-electron chi connectivity index (χ4n) is 4.96. The zero-order valence-electron chi connectivity index (χ0n) is 20.1. The molecule has 2 aliphatic carbocycles. The molecule has 6 heteroatoms. The summed E-state index contributed by atoms with van der Waals surface area (Å²) >= 11 is 0. The number of ketones is 1. The quantitative estimate of drug-likeness (QED) is 0.392. The molecule has 3 N–H and O–H groups in total. The molecular weight excluding hydrogens is 408 g/mol. The lowest BCUT2D eigenvalue weighted by Gasteiger charge is -2.43. The van der Waals surface area contributed by atoms with Crippen molar-refractivity contribution in [2.75, 3.05) is 0 Å². The van der Waals surface area contributed by atoms with E-state index in [2.05, 4.69) is 13.0 Å². The lowest BCUT2D eigenvalue weighted by Crippen LogP contribution is -2.43. The maximum absolute atomic E-state index is 12.5. The summed E-state index contributed by atoms with van der Waals surface area (Å²) in [6, 6.07) is 0. The van der Waals surface area contributed by atoms with Crippen LogP contribution in [-0.4, -0.2) is 51.5 Å². The minimum absolute atomic E-state index is 0.0188. The molecule has 0 saturated carbocycles. The van der Waals surface area contributed by atoms with Gasteiger partial charge < -0.3 is 20.1 Å². The maximum Gasteiger partial charge on any atom is 0.308 e. The zero-order chi connectivity index (χ0) is 23.8. The number of fused-ring (bicyclic) bond motifs is 1. The van der Waals surface area contributed by atoms with Crippen molar-refractivity contribution in [1.82, 2.24) is 0 Å². The van der Waals surface area contributed by atoms with E-state index >= 15 is 0 Å². The number of hydrogen-bond acceptors (Lipinski definition) is 6. The second-order valence-electron chi connectivity index (χ2n) is 9.78. The second-order valence-corrected chi connectivity index (χ2v) is 9.78. The molecule has 0 aromatic heterocycles. The Kier molecular flexibility index (Phi) is 10.6. The minimum atomic E-state index is -0.822. The first-order valence-corrected chi connectivity index (χ1v) is 12.3. The Morgan fingerprint density at radius 1 is 1.22 bits per heavy atom. The molecule has 0 aromatic rings. The van der Waals surface area contributed by atoms with Crippen LogP contribution >= 0.6 is 0 Å². The number of rotatable bonds is 12. The number of aliphatic hydroxyl groups is 3. The molecule has 0 unspecified atom stereocenters. The summed E-state index contributed by atoms with van der Waals surface area (Å²) in [4.78, 5) is 24.2. The molecular formula is C26H42O6. The fraction of sp³-hybridized carbons (Fsp3) is 0.769. The van der Waals surface area contributed by atoms with Crippen molar-refractivity contribution < 1.29 is 29.6 Å². The Hall–Kier alpha value is -1.50. The first kappa shape index (κ1) is 26.7. The molecule has 8 atom stereocenters. The molecule has 2 rings (SSSR count). The Bertz CT molecular complexity index is 684. The van der Waals surface area contributed by atoms with Gasteiger partial charge in [0, 0.05) is 25.2 Å². The topological polar surface area (TPSA) is 104 Å². The predicted molar refractivity (Wildman–Crippen MR) is 124 cm³/mol. The summed E-state index contributed by atoms with van der Waals surface area (Å²) in [5.74, 6) is -0.0149. The number of aliphatic hydroxyl groups excluding tert-OH is 3. The summed E-state index contributed by atoms with van der Waals surface area (Å²) < 4.78 is 5.89. The van der Waals surface area contributed by atoms with E-state index in [1.54, 1.807) is 0 Å². The molecule has 182 valence electrons. The lowest BCUT2D eigenvalue weighted by molar-refractivity contribution is -0.159. The van der Waals surface area contributed by atoms with Crippen LogP contribution < -0.4 is 0 Å². The Morgan fingerprint density at radius 3 is 2.59 bits per heavy atom. The first-order valence-electron chi connectivity index (χ1n) is 12.3. The van der Waals surface area contributed by atoms with Gasteiger partial charge in [0.25, 0.3) is 0 Å². The monoisotopic (exact) mass is 450 g/mol. The van der Waals surface area contributed by atoms with Crippen LogP contribution in [0.1, 0.15) is 79.1 Å². The summed E-state index contributed by atoms with van der Waals surface area (Å²) in [5.41, 5.74) is 0.994. The molecule has 0 bridgehead atoms. The average molecular weight is 451 g/mol. The van der Waals surface area contributed by atoms with Crippen molar-refractivity contribution in [2.24, 2.45) is 23.7 Å². The second kappa shape index (κ2) is 12.7. The van der Waals surface area contributed by atoms with Gasteiger partial charge in [-0.15, -0.1) is 0 Å². The maximum atomic E-state index is 12.5. The van der Waals surface area contributed by atoms with Gasteiger partial charge in [0.1, 0.15) is 11.9 Å². The standard InChI is InChI=1S/C26H42O6/c1-5-7-19(27)13-22(30)14-20(28)10-11-23-17(4)8-9-18-12-21(29)15-24(25(18)23)32-26(31)16(3)6-2/h8-9,12,16-17,20-25,28-30H,5-7,10-11,13-15H2,1-4H3/t16-,17-,20-,21+,22+,23-,24-,25-/m0/s1. The van der Waals surface area contributed by atoms with Crippen LogP contribution in [0, 0.1) is 23.7 Å². The van der Waals surface area contributed by atoms with E-state index in [0.29, 0.717) is 32.1 Å². The Morgan fingerprint density at radius 2 is 1.94 bits per heavy atom. The van der Waals surface area contributed by atoms with Crippen LogP contribution in [0.2, 0.25) is 0 Å². The highest BCUT2D eigenvalue weighted by Gasteiger charge is 2.42. The van der Waals surface area contributed by atoms with Gasteiger partial charge in [0.2, 0.25) is 0 Å². The van der Waals surface area contributed by atoms with E-state index in [1.165, 1.54) is 0 Å². The van der Waals surface area contributed by atoms with Gasteiger partial charge in [0.15, 0.2) is 0 Å². The van der Waals surface area contributed by atoms with E-state index < -0.39 is 24.4 Å². The summed E-state index contributed by atoms with van der Waals surface area (Å²) in [5, 5.41) is 31.0. The molecule has 0 radical (unpaired) electrons. The molecule has 0 heterocycles. The molecule has 2 aliphatic rings. The third kappa shape index (κ3) is 7.53. The van der Waals surface area contributed by atoms with Gasteiger partial charge in [0.05, 0.1) is 24.2 Å². The average Bonchev–Trinajstić information content (AvgIpc) is 2.72. The van der Waals surface area contributed by atoms with Crippen LogP contribution in [0.3, 0.4) is 0 Å². The molecule has 0 fully saturated rings. The smallest absolute Gasteiger partial charge is 0.308 e. The van der Waals surface area contributed by atoms with Crippen LogP contribution in [0.5, 0.6) is 0 Å². The van der Waals surface area contributed by atoms with Crippen LogP contribution in [0.15, 0.2) is 23.8 Å². The molecule has 0 saturated heterocycles. The van der Waals surface area contributed by atoms with Crippen molar-refractivity contribution in [3.8, 4) is 0 Å². The minimum Gasteiger partial charge on any atom is -0.461 e. The number of carbonyl (C=O) groups is 2. The molecule has 0 aromatic carbocycles. The number of allylic oxidation sites excluding steroid dienone is 2. The largest absolute Gasteiger partial charge is 0.461 e. The SMILES string of the molecule is CCCC(=O)C[C@@H](O)C[C@@H](O)CC[C@@H]1[C@@H]2C(=C[C@@H](O)C[C@@H]2OC(=O)[C@@H](C)CC)C=C[C@@H]1C. The number of carbonyl (C=O) groups excluding carboxylic acids is 2. The van der Waals surface area contributed by atoms with E-state index in [0.717, 1.165) is 12.0 Å². The number of ether oxygens (including phenoxy) is 1. The number of hydrogen-bond donors (Lipinski definition) is 3. The summed E-state index contributed by atoms with van der Waals surface area (Å²) in [7, 11) is 0. The van der Waals surface area contributed by atoms with E-state index in [-0.39, 0.29) is 48.3 Å². The van der Waals surface area contributed by atoms with Crippen LogP contribution in [0.4, 0.5) is 0 Å². The molecule has 0 aliphatic heterocycles. The zero-order valence-corrected chi connectivity index (χ0v) is 20.1. The van der Waals surface area contributed by atoms with Crippen molar-refractivity contribution in [3.63, 3.8) is 0 Å². The van der Waals surface area contributed by atoms with Gasteiger partial charge in [-0.3, -0.25) is 9.59 Å². The van der Waals surface area contributed by atoms with Gasteiger partial charge in [-0.1, -0.05) is 45.9 Å². The predicted octanol–water partition coefficient (Wildman–Crippen LogP) is 3.73. The van der Waals surface area contributed by atoms with E-state index in [1.807, 2.05) is 32.9 Å². The molecule has 0 spiro atoms. The van der Waals surface area contributed by atoms with Crippen molar-refractivity contribution in [3.05, 3.63) is 23.8 Å². The van der Waals surface area contributed by atoms with Crippen molar-refractivity contribution in [1.29, 1.82) is 0 Å². The third-order valence-electron chi connectivity index (χ3n) is 7.02. The van der Waals surface area contributed by atoms with E-state index in [9.17, 15) is 24.9 Å². The summed E-state index contributed by atoms with van der Waals surface area (Å²) in [6.07, 6.45) is 7.23. The molecule has 32 heavy (non-hydrogen) atoms. The highest BCUT2D eigenvalue weighted by molar-refractivity contribution is 5.78. The van der Waals surface area contributed by atoms with Gasteiger partial charge in [-0.05, 0) is 49.5 Å². The highest BCUT2D eigenvalue weighted by atomic mass is 16.5. The van der Waals surface area contributed by atoms with Crippen LogP contribution in [0.25, 0.3) is 0 Å². The summed E-state index contributed by atoms with van der Waals surface area (Å²) in [6.45, 7) is 7.86. The van der Waals surface area contributed by atoms with Gasteiger partial charge in [-0.2, -0.15) is 0 Å². The van der Waals surface area contributed by atoms with Gasteiger partial charge >= 0.3 is 5.97 Å². The van der Waals surface area contributed by atoms with Crippen molar-refractivity contribution in [2.45, 2.75) is 103 Å². The first-order chi connectivity index (χ1) is 15.2. The Labute approximate surface area is 192 Å².